The zero-order chi connectivity index (χ0) is 14.7. The lowest BCUT2D eigenvalue weighted by Crippen LogP contribution is -2.47. The van der Waals surface area contributed by atoms with E-state index in [9.17, 15) is 4.79 Å². The van der Waals surface area contributed by atoms with Crippen molar-refractivity contribution in [2.45, 2.75) is 64.1 Å². The van der Waals surface area contributed by atoms with E-state index in [2.05, 4.69) is 20.2 Å². The molecule has 1 atom stereocenters. The molecule has 0 spiro atoms. The zero-order valence-corrected chi connectivity index (χ0v) is 12.8. The third kappa shape index (κ3) is 3.84. The Bertz CT molecular complexity index is 461. The second-order valence-corrected chi connectivity index (χ2v) is 6.83. The largest absolute Gasteiger partial charge is 0.352 e. The molecule has 0 aliphatic heterocycles. The van der Waals surface area contributed by atoms with E-state index in [-0.39, 0.29) is 11.9 Å². The number of imidazole rings is 1. The van der Waals surface area contributed by atoms with Crippen LogP contribution >= 0.6 is 0 Å². The maximum atomic E-state index is 12.2. The Morgan fingerprint density at radius 2 is 2.19 bits per heavy atom. The molecule has 1 amide bonds. The Morgan fingerprint density at radius 3 is 2.81 bits per heavy atom. The molecule has 1 aromatic rings. The van der Waals surface area contributed by atoms with Crippen LogP contribution < -0.4 is 10.6 Å². The summed E-state index contributed by atoms with van der Waals surface area (Å²) in [5.74, 6) is 0.153. The van der Waals surface area contributed by atoms with Gasteiger partial charge in [0.2, 0.25) is 5.91 Å². The number of carbonyl (C=O) groups excluding carboxylic acids is 1. The average Bonchev–Trinajstić information content (AvgIpc) is 2.88. The summed E-state index contributed by atoms with van der Waals surface area (Å²) in [4.78, 5) is 16.3. The van der Waals surface area contributed by atoms with E-state index in [1.165, 1.54) is 25.7 Å². The Hall–Kier alpha value is -1.36. The molecule has 0 radical (unpaired) electrons. The summed E-state index contributed by atoms with van der Waals surface area (Å²) in [5, 5.41) is 6.59. The van der Waals surface area contributed by atoms with Crippen LogP contribution in [0.2, 0.25) is 0 Å². The predicted octanol–water partition coefficient (Wildman–Crippen LogP) is 1.70. The molecule has 2 aliphatic rings. The van der Waals surface area contributed by atoms with Crippen LogP contribution in [0.1, 0.15) is 45.4 Å². The maximum Gasteiger partial charge on any atom is 0.237 e. The first-order valence-corrected chi connectivity index (χ1v) is 8.16. The fraction of sp³-hybridized carbons (Fsp3) is 0.750. The number of nitrogens with one attached hydrogen (secondary N) is 2. The molecule has 2 fully saturated rings. The van der Waals surface area contributed by atoms with Gasteiger partial charge < -0.3 is 15.2 Å². The van der Waals surface area contributed by atoms with Crippen LogP contribution in [0, 0.1) is 5.41 Å². The molecule has 5 nitrogen and oxygen atoms in total. The molecule has 2 saturated carbocycles. The van der Waals surface area contributed by atoms with Crippen LogP contribution in [0.4, 0.5) is 0 Å². The smallest absolute Gasteiger partial charge is 0.237 e. The Morgan fingerprint density at radius 1 is 1.43 bits per heavy atom. The molecule has 21 heavy (non-hydrogen) atoms. The van der Waals surface area contributed by atoms with Gasteiger partial charge in [-0.3, -0.25) is 4.79 Å². The summed E-state index contributed by atoms with van der Waals surface area (Å²) in [6.45, 7) is 3.87. The Labute approximate surface area is 126 Å². The highest BCUT2D eigenvalue weighted by atomic mass is 16.2. The summed E-state index contributed by atoms with van der Waals surface area (Å²) in [6, 6.07) is 0.299. The Kier molecular flexibility index (Phi) is 4.29. The molecule has 1 heterocycles. The molecule has 5 heteroatoms. The maximum absolute atomic E-state index is 12.2. The van der Waals surface area contributed by atoms with Crippen molar-refractivity contribution in [2.24, 2.45) is 5.41 Å². The minimum Gasteiger partial charge on any atom is -0.352 e. The lowest BCUT2D eigenvalue weighted by molar-refractivity contribution is -0.123. The van der Waals surface area contributed by atoms with Gasteiger partial charge in [0.1, 0.15) is 0 Å². The quantitative estimate of drug-likeness (QED) is 0.803. The van der Waals surface area contributed by atoms with Crippen LogP contribution in [0.3, 0.4) is 0 Å². The minimum absolute atomic E-state index is 0.106. The summed E-state index contributed by atoms with van der Waals surface area (Å²) in [5.41, 5.74) is 0.322. The third-order valence-corrected chi connectivity index (χ3v) is 4.91. The third-order valence-electron chi connectivity index (χ3n) is 4.91. The first-order chi connectivity index (χ1) is 10.2. The van der Waals surface area contributed by atoms with E-state index in [1.807, 2.05) is 25.6 Å². The van der Waals surface area contributed by atoms with Gasteiger partial charge in [0, 0.05) is 36.9 Å². The number of amides is 1. The normalized spacial score (nSPS) is 22.1. The molecule has 2 N–H and O–H groups in total. The van der Waals surface area contributed by atoms with Gasteiger partial charge in [-0.15, -0.1) is 0 Å². The van der Waals surface area contributed by atoms with Crippen molar-refractivity contribution in [3.05, 3.63) is 18.7 Å². The second-order valence-electron chi connectivity index (χ2n) is 6.83. The molecule has 2 aliphatic carbocycles. The van der Waals surface area contributed by atoms with E-state index in [4.69, 9.17) is 0 Å². The first-order valence-electron chi connectivity index (χ1n) is 8.16. The van der Waals surface area contributed by atoms with Gasteiger partial charge in [0.05, 0.1) is 12.4 Å². The number of carbonyl (C=O) groups is 1. The summed E-state index contributed by atoms with van der Waals surface area (Å²) < 4.78 is 2.14. The van der Waals surface area contributed by atoms with Crippen LogP contribution in [0.25, 0.3) is 0 Å². The highest BCUT2D eigenvalue weighted by Crippen LogP contribution is 2.46. The highest BCUT2D eigenvalue weighted by Gasteiger charge is 2.42. The van der Waals surface area contributed by atoms with Gasteiger partial charge in [-0.1, -0.05) is 12.8 Å². The van der Waals surface area contributed by atoms with E-state index in [1.54, 1.807) is 0 Å². The summed E-state index contributed by atoms with van der Waals surface area (Å²) in [7, 11) is 0. The molecule has 3 rings (SSSR count). The molecular formula is C16H26N4O. The van der Waals surface area contributed by atoms with Crippen LogP contribution in [-0.4, -0.2) is 34.1 Å². The van der Waals surface area contributed by atoms with E-state index in [0.717, 1.165) is 25.9 Å². The van der Waals surface area contributed by atoms with Gasteiger partial charge in [-0.2, -0.15) is 0 Å². The standard InChI is InChI=1S/C16H26N4O/c1-13(15(21)19-14-4-2-3-5-14)18-10-16(6-7-16)11-20-9-8-17-12-20/h8-9,12-14,18H,2-7,10-11H2,1H3,(H,19,21)/t13-/m0/s1. The van der Waals surface area contributed by atoms with Crippen molar-refractivity contribution < 1.29 is 4.79 Å². The number of hydrogen-bond donors (Lipinski definition) is 2. The molecule has 0 unspecified atom stereocenters. The number of aromatic nitrogens is 2. The SMILES string of the molecule is C[C@H](NCC1(Cn2ccnc2)CC1)C(=O)NC1CCCC1. The summed E-state index contributed by atoms with van der Waals surface area (Å²) in [6.07, 6.45) is 13.0. The van der Waals surface area contributed by atoms with Gasteiger partial charge in [-0.05, 0) is 32.6 Å². The second kappa shape index (κ2) is 6.18. The van der Waals surface area contributed by atoms with Crippen molar-refractivity contribution in [3.8, 4) is 0 Å². The van der Waals surface area contributed by atoms with Crippen molar-refractivity contribution in [3.63, 3.8) is 0 Å². The Balaban J connectivity index is 1.42. The van der Waals surface area contributed by atoms with Gasteiger partial charge in [0.25, 0.3) is 0 Å². The molecule has 0 bridgehead atoms. The van der Waals surface area contributed by atoms with Gasteiger partial charge in [0.15, 0.2) is 0 Å². The lowest BCUT2D eigenvalue weighted by Gasteiger charge is -2.21. The van der Waals surface area contributed by atoms with Crippen LogP contribution in [0.5, 0.6) is 0 Å². The fourth-order valence-corrected chi connectivity index (χ4v) is 3.19. The van der Waals surface area contributed by atoms with E-state index >= 15 is 0 Å². The van der Waals surface area contributed by atoms with Crippen molar-refractivity contribution in [1.82, 2.24) is 20.2 Å². The van der Waals surface area contributed by atoms with Crippen LogP contribution in [-0.2, 0) is 11.3 Å². The van der Waals surface area contributed by atoms with Crippen molar-refractivity contribution >= 4 is 5.91 Å². The van der Waals surface area contributed by atoms with E-state index < -0.39 is 0 Å². The topological polar surface area (TPSA) is 59.0 Å². The monoisotopic (exact) mass is 290 g/mol. The molecule has 0 aromatic carbocycles. The molecule has 116 valence electrons. The zero-order valence-electron chi connectivity index (χ0n) is 12.8. The van der Waals surface area contributed by atoms with Crippen LogP contribution in [0.15, 0.2) is 18.7 Å². The predicted molar refractivity (Wildman–Crippen MR) is 81.8 cm³/mol. The molecule has 0 saturated heterocycles. The first kappa shape index (κ1) is 14.6. The number of rotatable bonds is 7. The van der Waals surface area contributed by atoms with Gasteiger partial charge >= 0.3 is 0 Å². The number of nitrogens with zero attached hydrogens (tertiary/aromatic N) is 2. The molecular weight excluding hydrogens is 264 g/mol. The van der Waals surface area contributed by atoms with Crippen molar-refractivity contribution in [2.75, 3.05) is 6.54 Å². The molecule has 1 aromatic heterocycles. The van der Waals surface area contributed by atoms with Crippen molar-refractivity contribution in [1.29, 1.82) is 0 Å². The number of hydrogen-bond acceptors (Lipinski definition) is 3. The highest BCUT2D eigenvalue weighted by molar-refractivity contribution is 5.81. The van der Waals surface area contributed by atoms with E-state index in [0.29, 0.717) is 11.5 Å². The average molecular weight is 290 g/mol. The van der Waals surface area contributed by atoms with Gasteiger partial charge in [-0.25, -0.2) is 4.98 Å². The fourth-order valence-electron chi connectivity index (χ4n) is 3.19. The summed E-state index contributed by atoms with van der Waals surface area (Å²) >= 11 is 0. The lowest BCUT2D eigenvalue weighted by atomic mass is 10.1. The minimum atomic E-state index is -0.106.